The molecule has 0 radical (unpaired) electrons. The summed E-state index contributed by atoms with van der Waals surface area (Å²) < 4.78 is 7.19. The van der Waals surface area contributed by atoms with Gasteiger partial charge in [-0.3, -0.25) is 0 Å². The van der Waals surface area contributed by atoms with Gasteiger partial charge in [-0.2, -0.15) is 11.8 Å². The molecule has 0 aliphatic rings. The lowest BCUT2D eigenvalue weighted by Gasteiger charge is -2.30. The monoisotopic (exact) mass is 301 g/mol. The molecule has 1 aromatic heterocycles. The average Bonchev–Trinajstić information content (AvgIpc) is 2.93. The number of methoxy groups -OCH3 is 1. The molecule has 1 aromatic rings. The summed E-state index contributed by atoms with van der Waals surface area (Å²) in [4.78, 5) is 0. The zero-order valence-electron chi connectivity index (χ0n) is 13.2. The number of nitrogens with one attached hydrogen (secondary N) is 1. The molecule has 0 fully saturated rings. The van der Waals surface area contributed by atoms with Gasteiger partial charge in [0.25, 0.3) is 0 Å². The minimum Gasteiger partial charge on any atom is -0.383 e. The molecule has 1 unspecified atom stereocenters. The third-order valence-corrected chi connectivity index (χ3v) is 5.44. The molecule has 0 spiro atoms. The maximum atomic E-state index is 5.05. The fourth-order valence-electron chi connectivity index (χ4n) is 2.20. The maximum absolute atomic E-state index is 5.05. The second-order valence-electron chi connectivity index (χ2n) is 4.96. The summed E-state index contributed by atoms with van der Waals surface area (Å²) in [6, 6.07) is 0.119. The van der Waals surface area contributed by atoms with Crippen LogP contribution in [-0.4, -0.2) is 51.5 Å². The van der Waals surface area contributed by atoms with Gasteiger partial charge in [-0.25, -0.2) is 4.68 Å². The number of hydrogen-bond donors (Lipinski definition) is 1. The molecule has 0 saturated carbocycles. The lowest BCUT2D eigenvalue weighted by atomic mass is 10.0. The largest absolute Gasteiger partial charge is 0.383 e. The molecule has 7 heteroatoms. The van der Waals surface area contributed by atoms with Crippen molar-refractivity contribution in [3.63, 3.8) is 0 Å². The molecular weight excluding hydrogens is 274 g/mol. The van der Waals surface area contributed by atoms with Gasteiger partial charge in [0.15, 0.2) is 5.82 Å². The molecular formula is C13H27N5OS. The quantitative estimate of drug-likeness (QED) is 0.666. The van der Waals surface area contributed by atoms with Crippen LogP contribution in [0.2, 0.25) is 0 Å². The van der Waals surface area contributed by atoms with E-state index in [2.05, 4.69) is 47.9 Å². The summed E-state index contributed by atoms with van der Waals surface area (Å²) in [5, 5.41) is 15.5. The number of thioether (sulfide) groups is 1. The summed E-state index contributed by atoms with van der Waals surface area (Å²) in [6.45, 7) is 8.86. The fraction of sp³-hybridized carbons (Fsp3) is 0.923. The molecule has 6 nitrogen and oxygen atoms in total. The predicted octanol–water partition coefficient (Wildman–Crippen LogP) is 1.89. The average molecular weight is 301 g/mol. The van der Waals surface area contributed by atoms with Crippen LogP contribution >= 0.6 is 11.8 Å². The van der Waals surface area contributed by atoms with E-state index in [1.807, 2.05) is 16.4 Å². The number of aromatic nitrogens is 4. The van der Waals surface area contributed by atoms with E-state index in [4.69, 9.17) is 4.74 Å². The maximum Gasteiger partial charge on any atom is 0.167 e. The first kappa shape index (κ1) is 17.4. The van der Waals surface area contributed by atoms with E-state index in [0.29, 0.717) is 6.61 Å². The van der Waals surface area contributed by atoms with Gasteiger partial charge in [0.2, 0.25) is 0 Å². The molecule has 1 rings (SSSR count). The zero-order valence-corrected chi connectivity index (χ0v) is 14.0. The molecule has 1 N–H and O–H groups in total. The van der Waals surface area contributed by atoms with Crippen LogP contribution in [0.5, 0.6) is 0 Å². The Hall–Kier alpha value is -0.660. The van der Waals surface area contributed by atoms with Crippen molar-refractivity contribution >= 4 is 11.8 Å². The Labute approximate surface area is 126 Å². The van der Waals surface area contributed by atoms with E-state index in [9.17, 15) is 0 Å². The number of nitrogens with zero attached hydrogens (tertiary/aromatic N) is 4. The number of hydrogen-bond acceptors (Lipinski definition) is 6. The van der Waals surface area contributed by atoms with Crippen LogP contribution in [0.1, 0.15) is 45.5 Å². The van der Waals surface area contributed by atoms with Crippen LogP contribution in [0.15, 0.2) is 0 Å². The Morgan fingerprint density at radius 2 is 2.10 bits per heavy atom. The first-order chi connectivity index (χ1) is 9.62. The SMILES string of the molecule is CCC(CC)(Cn1nnnc1C(C)NCCOC)SC. The number of ether oxygens (including phenoxy) is 1. The molecule has 1 heterocycles. The van der Waals surface area contributed by atoms with Crippen LogP contribution in [0.25, 0.3) is 0 Å². The highest BCUT2D eigenvalue weighted by Crippen LogP contribution is 2.32. The van der Waals surface area contributed by atoms with Gasteiger partial charge in [0, 0.05) is 18.4 Å². The van der Waals surface area contributed by atoms with Crippen LogP contribution < -0.4 is 5.32 Å². The van der Waals surface area contributed by atoms with Crippen LogP contribution in [-0.2, 0) is 11.3 Å². The third kappa shape index (κ3) is 4.43. The summed E-state index contributed by atoms with van der Waals surface area (Å²) >= 11 is 1.90. The first-order valence-corrected chi connectivity index (χ1v) is 8.38. The summed E-state index contributed by atoms with van der Waals surface area (Å²) in [5.41, 5.74) is 0. The molecule has 0 aromatic carbocycles. The van der Waals surface area contributed by atoms with Gasteiger partial charge < -0.3 is 10.1 Å². The fourth-order valence-corrected chi connectivity index (χ4v) is 3.03. The van der Waals surface area contributed by atoms with E-state index in [1.54, 1.807) is 7.11 Å². The molecule has 116 valence electrons. The van der Waals surface area contributed by atoms with E-state index in [1.165, 1.54) is 0 Å². The van der Waals surface area contributed by atoms with E-state index in [0.717, 1.165) is 31.8 Å². The summed E-state index contributed by atoms with van der Waals surface area (Å²) in [5.74, 6) is 0.890. The molecule has 0 bridgehead atoms. The number of rotatable bonds is 10. The van der Waals surface area contributed by atoms with Crippen molar-refractivity contribution in [1.29, 1.82) is 0 Å². The molecule has 0 saturated heterocycles. The van der Waals surface area contributed by atoms with Crippen LogP contribution in [0, 0.1) is 0 Å². The van der Waals surface area contributed by atoms with Crippen molar-refractivity contribution in [1.82, 2.24) is 25.5 Å². The number of tetrazole rings is 1. The Morgan fingerprint density at radius 3 is 2.65 bits per heavy atom. The highest BCUT2D eigenvalue weighted by atomic mass is 32.2. The third-order valence-electron chi connectivity index (χ3n) is 3.86. The second-order valence-corrected chi connectivity index (χ2v) is 6.23. The molecule has 1 atom stereocenters. The van der Waals surface area contributed by atoms with Crippen molar-refractivity contribution in [2.75, 3.05) is 26.5 Å². The molecule has 0 amide bonds. The Balaban J connectivity index is 2.75. The van der Waals surface area contributed by atoms with E-state index in [-0.39, 0.29) is 10.8 Å². The van der Waals surface area contributed by atoms with Crippen molar-refractivity contribution < 1.29 is 4.74 Å². The van der Waals surface area contributed by atoms with Crippen molar-refractivity contribution in [2.45, 2.75) is 50.9 Å². The topological polar surface area (TPSA) is 64.9 Å². The Kier molecular flexibility index (Phi) is 7.47. The molecule has 20 heavy (non-hydrogen) atoms. The van der Waals surface area contributed by atoms with Crippen molar-refractivity contribution in [2.24, 2.45) is 0 Å². The van der Waals surface area contributed by atoms with Crippen LogP contribution in [0.4, 0.5) is 0 Å². The minimum absolute atomic E-state index is 0.119. The molecule has 0 aliphatic carbocycles. The van der Waals surface area contributed by atoms with Gasteiger partial charge in [-0.1, -0.05) is 13.8 Å². The highest BCUT2D eigenvalue weighted by Gasteiger charge is 2.28. The van der Waals surface area contributed by atoms with Gasteiger partial charge in [-0.15, -0.1) is 5.10 Å². The minimum atomic E-state index is 0.119. The van der Waals surface area contributed by atoms with Gasteiger partial charge in [-0.05, 0) is 36.4 Å². The Morgan fingerprint density at radius 1 is 1.40 bits per heavy atom. The lowest BCUT2D eigenvalue weighted by molar-refractivity contribution is 0.195. The van der Waals surface area contributed by atoms with Gasteiger partial charge in [0.05, 0.1) is 19.2 Å². The van der Waals surface area contributed by atoms with Crippen LogP contribution in [0.3, 0.4) is 0 Å². The lowest BCUT2D eigenvalue weighted by Crippen LogP contribution is -2.32. The summed E-state index contributed by atoms with van der Waals surface area (Å²) in [7, 11) is 1.70. The van der Waals surface area contributed by atoms with E-state index >= 15 is 0 Å². The zero-order chi connectivity index (χ0) is 15.0. The smallest absolute Gasteiger partial charge is 0.167 e. The first-order valence-electron chi connectivity index (χ1n) is 7.16. The standard InChI is InChI=1S/C13H27N5OS/c1-6-13(7-2,20-5)10-18-12(15-16-17-18)11(3)14-8-9-19-4/h11,14H,6-10H2,1-5H3. The van der Waals surface area contributed by atoms with Crippen molar-refractivity contribution in [3.05, 3.63) is 5.82 Å². The highest BCUT2D eigenvalue weighted by molar-refractivity contribution is 8.00. The van der Waals surface area contributed by atoms with Gasteiger partial charge >= 0.3 is 0 Å². The molecule has 0 aliphatic heterocycles. The predicted molar refractivity (Wildman–Crippen MR) is 82.9 cm³/mol. The van der Waals surface area contributed by atoms with E-state index < -0.39 is 0 Å². The normalized spacial score (nSPS) is 13.7. The second kappa shape index (κ2) is 8.59. The van der Waals surface area contributed by atoms with Crippen molar-refractivity contribution in [3.8, 4) is 0 Å². The Bertz CT molecular complexity index is 372. The van der Waals surface area contributed by atoms with Gasteiger partial charge in [0.1, 0.15) is 0 Å². The summed E-state index contributed by atoms with van der Waals surface area (Å²) in [6.07, 6.45) is 4.38.